The second-order valence-corrected chi connectivity index (χ2v) is 5.04. The summed E-state index contributed by atoms with van der Waals surface area (Å²) in [6.45, 7) is 5.53. The van der Waals surface area contributed by atoms with Gasteiger partial charge >= 0.3 is 0 Å². The number of carbonyl (C=O) groups is 1. The number of H-pyrrole nitrogens is 1. The first kappa shape index (κ1) is 12.9. The molecular weight excluding hydrogens is 228 g/mol. The Morgan fingerprint density at radius 3 is 2.67 bits per heavy atom. The molecule has 1 saturated heterocycles. The molecule has 0 aliphatic carbocycles. The van der Waals surface area contributed by atoms with Crippen LogP contribution in [0.1, 0.15) is 42.2 Å². The summed E-state index contributed by atoms with van der Waals surface area (Å²) in [5.41, 5.74) is 0.852. The number of piperidine rings is 1. The Kier molecular flexibility index (Phi) is 3.84. The SMILES string of the molecule is CCC1CCN(C(=O)c2c[nH]c(C)cc2=O)CC1. The predicted octanol–water partition coefficient (Wildman–Crippen LogP) is 1.95. The second-order valence-electron chi connectivity index (χ2n) is 5.04. The molecule has 0 saturated carbocycles. The zero-order chi connectivity index (χ0) is 13.1. The number of likely N-dealkylation sites (tertiary alicyclic amines) is 1. The van der Waals surface area contributed by atoms with Crippen LogP contribution in [-0.2, 0) is 0 Å². The zero-order valence-electron chi connectivity index (χ0n) is 11.0. The summed E-state index contributed by atoms with van der Waals surface area (Å²) >= 11 is 0. The summed E-state index contributed by atoms with van der Waals surface area (Å²) < 4.78 is 0. The van der Waals surface area contributed by atoms with Crippen LogP contribution >= 0.6 is 0 Å². The standard InChI is InChI=1S/C14H20N2O2/c1-3-11-4-6-16(7-5-11)14(18)12-9-15-10(2)8-13(12)17/h8-9,11H,3-7H2,1-2H3,(H,15,17). The minimum absolute atomic E-state index is 0.134. The number of hydrogen-bond acceptors (Lipinski definition) is 2. The van der Waals surface area contributed by atoms with E-state index in [1.165, 1.54) is 18.7 Å². The largest absolute Gasteiger partial charge is 0.364 e. The molecule has 0 unspecified atom stereocenters. The molecule has 1 N–H and O–H groups in total. The van der Waals surface area contributed by atoms with Crippen molar-refractivity contribution < 1.29 is 4.79 Å². The van der Waals surface area contributed by atoms with Gasteiger partial charge in [-0.15, -0.1) is 0 Å². The fraction of sp³-hybridized carbons (Fsp3) is 0.571. The maximum absolute atomic E-state index is 12.2. The zero-order valence-corrected chi connectivity index (χ0v) is 11.0. The van der Waals surface area contributed by atoms with Gasteiger partial charge < -0.3 is 9.88 Å². The van der Waals surface area contributed by atoms with E-state index in [-0.39, 0.29) is 16.9 Å². The van der Waals surface area contributed by atoms with Crippen molar-refractivity contribution in [1.29, 1.82) is 0 Å². The maximum atomic E-state index is 12.2. The first-order valence-corrected chi connectivity index (χ1v) is 6.60. The van der Waals surface area contributed by atoms with Crippen LogP contribution in [0.5, 0.6) is 0 Å². The van der Waals surface area contributed by atoms with Crippen LogP contribution in [0.4, 0.5) is 0 Å². The first-order valence-electron chi connectivity index (χ1n) is 6.60. The molecule has 98 valence electrons. The number of hydrogen-bond donors (Lipinski definition) is 1. The van der Waals surface area contributed by atoms with Gasteiger partial charge in [0.15, 0.2) is 5.43 Å². The Hall–Kier alpha value is -1.58. The average Bonchev–Trinajstić information content (AvgIpc) is 2.38. The third-order valence-corrected chi connectivity index (χ3v) is 3.77. The van der Waals surface area contributed by atoms with E-state index in [1.54, 1.807) is 4.90 Å². The van der Waals surface area contributed by atoms with Gasteiger partial charge in [0.25, 0.3) is 5.91 Å². The van der Waals surface area contributed by atoms with Crippen molar-refractivity contribution >= 4 is 5.91 Å². The fourth-order valence-corrected chi connectivity index (χ4v) is 2.45. The van der Waals surface area contributed by atoms with Crippen molar-refractivity contribution in [1.82, 2.24) is 9.88 Å². The van der Waals surface area contributed by atoms with Crippen LogP contribution in [0.15, 0.2) is 17.1 Å². The van der Waals surface area contributed by atoms with Gasteiger partial charge in [0, 0.05) is 31.0 Å². The predicted molar refractivity (Wildman–Crippen MR) is 70.7 cm³/mol. The summed E-state index contributed by atoms with van der Waals surface area (Å²) in [5.74, 6) is 0.594. The molecule has 1 aliphatic rings. The molecule has 4 heteroatoms. The monoisotopic (exact) mass is 248 g/mol. The van der Waals surface area contributed by atoms with E-state index in [0.29, 0.717) is 0 Å². The molecule has 1 aliphatic heterocycles. The van der Waals surface area contributed by atoms with Gasteiger partial charge in [0.1, 0.15) is 5.56 Å². The van der Waals surface area contributed by atoms with Gasteiger partial charge in [0.2, 0.25) is 0 Å². The van der Waals surface area contributed by atoms with Gasteiger partial charge in [-0.3, -0.25) is 9.59 Å². The molecule has 0 bridgehead atoms. The number of pyridine rings is 1. The highest BCUT2D eigenvalue weighted by atomic mass is 16.2. The normalized spacial score (nSPS) is 16.9. The number of nitrogens with zero attached hydrogens (tertiary/aromatic N) is 1. The molecule has 0 radical (unpaired) electrons. The molecule has 2 rings (SSSR count). The van der Waals surface area contributed by atoms with Gasteiger partial charge in [-0.1, -0.05) is 13.3 Å². The number of aromatic nitrogens is 1. The summed E-state index contributed by atoms with van der Waals surface area (Å²) in [6.07, 6.45) is 4.80. The minimum atomic E-state index is -0.186. The lowest BCUT2D eigenvalue weighted by Crippen LogP contribution is -2.40. The van der Waals surface area contributed by atoms with Crippen LogP contribution in [0.25, 0.3) is 0 Å². The molecule has 0 atom stereocenters. The summed E-state index contributed by atoms with van der Waals surface area (Å²) in [4.78, 5) is 28.7. The topological polar surface area (TPSA) is 53.2 Å². The van der Waals surface area contributed by atoms with Gasteiger partial charge in [-0.2, -0.15) is 0 Å². The van der Waals surface area contributed by atoms with Crippen molar-refractivity contribution in [2.24, 2.45) is 5.92 Å². The molecule has 4 nitrogen and oxygen atoms in total. The summed E-state index contributed by atoms with van der Waals surface area (Å²) in [7, 11) is 0. The van der Waals surface area contributed by atoms with E-state index in [1.807, 2.05) is 6.92 Å². The Morgan fingerprint density at radius 1 is 1.44 bits per heavy atom. The number of aryl methyl sites for hydroxylation is 1. The number of amides is 1. The maximum Gasteiger partial charge on any atom is 0.259 e. The van der Waals surface area contributed by atoms with E-state index >= 15 is 0 Å². The van der Waals surface area contributed by atoms with Crippen LogP contribution in [0, 0.1) is 12.8 Å². The van der Waals surface area contributed by atoms with Crippen molar-refractivity contribution in [3.8, 4) is 0 Å². The Balaban J connectivity index is 2.10. The first-order chi connectivity index (χ1) is 8.61. The quantitative estimate of drug-likeness (QED) is 0.869. The van der Waals surface area contributed by atoms with Gasteiger partial charge in [-0.25, -0.2) is 0 Å². The smallest absolute Gasteiger partial charge is 0.259 e. The summed E-state index contributed by atoms with van der Waals surface area (Å²) in [5, 5.41) is 0. The second kappa shape index (κ2) is 5.38. The molecule has 0 spiro atoms. The van der Waals surface area contributed by atoms with Crippen LogP contribution < -0.4 is 5.43 Å². The molecule has 1 aromatic heterocycles. The molecular formula is C14H20N2O2. The van der Waals surface area contributed by atoms with E-state index in [4.69, 9.17) is 0 Å². The molecule has 18 heavy (non-hydrogen) atoms. The van der Waals surface area contributed by atoms with Crippen molar-refractivity contribution in [3.63, 3.8) is 0 Å². The molecule has 1 aromatic rings. The molecule has 1 amide bonds. The highest BCUT2D eigenvalue weighted by Gasteiger charge is 2.24. The van der Waals surface area contributed by atoms with Crippen LogP contribution in [-0.4, -0.2) is 28.9 Å². The fourth-order valence-electron chi connectivity index (χ4n) is 2.45. The minimum Gasteiger partial charge on any atom is -0.364 e. The van der Waals surface area contributed by atoms with E-state index in [2.05, 4.69) is 11.9 Å². The Labute approximate surface area is 107 Å². The van der Waals surface area contributed by atoms with Crippen molar-refractivity contribution in [3.05, 3.63) is 33.7 Å². The number of rotatable bonds is 2. The molecule has 2 heterocycles. The number of nitrogens with one attached hydrogen (secondary N) is 1. The van der Waals surface area contributed by atoms with Crippen molar-refractivity contribution in [2.45, 2.75) is 33.1 Å². The highest BCUT2D eigenvalue weighted by Crippen LogP contribution is 2.20. The third-order valence-electron chi connectivity index (χ3n) is 3.77. The van der Waals surface area contributed by atoms with E-state index < -0.39 is 0 Å². The van der Waals surface area contributed by atoms with Crippen LogP contribution in [0.2, 0.25) is 0 Å². The molecule has 0 aromatic carbocycles. The van der Waals surface area contributed by atoms with Crippen molar-refractivity contribution in [2.75, 3.05) is 13.1 Å². The summed E-state index contributed by atoms with van der Waals surface area (Å²) in [6, 6.07) is 1.48. The van der Waals surface area contributed by atoms with E-state index in [9.17, 15) is 9.59 Å². The molecule has 1 fully saturated rings. The average molecular weight is 248 g/mol. The third kappa shape index (κ3) is 2.63. The van der Waals surface area contributed by atoms with Gasteiger partial charge in [-0.05, 0) is 25.7 Å². The van der Waals surface area contributed by atoms with Crippen LogP contribution in [0.3, 0.4) is 0 Å². The lowest BCUT2D eigenvalue weighted by molar-refractivity contribution is 0.0687. The Bertz CT molecular complexity index is 485. The number of aromatic amines is 1. The lowest BCUT2D eigenvalue weighted by Gasteiger charge is -2.31. The van der Waals surface area contributed by atoms with Gasteiger partial charge in [0.05, 0.1) is 0 Å². The van der Waals surface area contributed by atoms with E-state index in [0.717, 1.165) is 37.5 Å². The highest BCUT2D eigenvalue weighted by molar-refractivity contribution is 5.93. The number of carbonyl (C=O) groups excluding carboxylic acids is 1. The Morgan fingerprint density at radius 2 is 2.11 bits per heavy atom. The lowest BCUT2D eigenvalue weighted by atomic mass is 9.94.